The number of unbranched alkanes of at least 4 members (excludes halogenated alkanes) is 1. The maximum Gasteiger partial charge on any atom is 0.358 e. The molecule has 8 nitrogen and oxygen atoms in total. The van der Waals surface area contributed by atoms with Crippen LogP contribution in [0.1, 0.15) is 29.4 Å². The van der Waals surface area contributed by atoms with Gasteiger partial charge in [0.25, 0.3) is 0 Å². The Morgan fingerprint density at radius 3 is 2.86 bits per heavy atom. The van der Waals surface area contributed by atoms with Crippen LogP contribution in [0.2, 0.25) is 0 Å². The van der Waals surface area contributed by atoms with Gasteiger partial charge in [0.15, 0.2) is 5.69 Å². The van der Waals surface area contributed by atoms with Gasteiger partial charge >= 0.3 is 12.0 Å². The van der Waals surface area contributed by atoms with Gasteiger partial charge in [-0.05, 0) is 24.9 Å². The molecule has 0 bridgehead atoms. The molecule has 0 spiro atoms. The molecule has 0 radical (unpaired) electrons. The van der Waals surface area contributed by atoms with Crippen LogP contribution in [0.3, 0.4) is 0 Å². The van der Waals surface area contributed by atoms with Gasteiger partial charge in [0.2, 0.25) is 0 Å². The topological polar surface area (TPSA) is 100 Å². The van der Waals surface area contributed by atoms with Gasteiger partial charge in [-0.2, -0.15) is 11.8 Å². The first-order valence-corrected chi connectivity index (χ1v) is 8.18. The van der Waals surface area contributed by atoms with Gasteiger partial charge in [-0.25, -0.2) is 14.3 Å². The van der Waals surface area contributed by atoms with E-state index in [0.29, 0.717) is 19.6 Å². The molecule has 1 aliphatic heterocycles. The number of urea groups is 1. The molecule has 2 N–H and O–H groups in total. The SMILES string of the molecule is CSCCCCNC(=O)N1CC(n2cc(C(=O)O)nn2)C1. The Kier molecular flexibility index (Phi) is 5.43. The number of amides is 2. The zero-order valence-corrected chi connectivity index (χ0v) is 12.7. The monoisotopic (exact) mass is 313 g/mol. The van der Waals surface area contributed by atoms with Gasteiger partial charge in [0.05, 0.1) is 12.2 Å². The molecule has 2 rings (SSSR count). The number of hydrogen-bond acceptors (Lipinski definition) is 5. The minimum atomic E-state index is -1.10. The predicted octanol–water partition coefficient (Wildman–Crippen LogP) is 0.686. The lowest BCUT2D eigenvalue weighted by molar-refractivity contribution is 0.0690. The lowest BCUT2D eigenvalue weighted by atomic mass is 10.1. The lowest BCUT2D eigenvalue weighted by Gasteiger charge is -2.38. The molecule has 2 amide bonds. The van der Waals surface area contributed by atoms with E-state index < -0.39 is 5.97 Å². The highest BCUT2D eigenvalue weighted by atomic mass is 32.2. The smallest absolute Gasteiger partial charge is 0.358 e. The van der Waals surface area contributed by atoms with Gasteiger partial charge in [-0.1, -0.05) is 5.21 Å². The third-order valence-electron chi connectivity index (χ3n) is 3.30. The summed E-state index contributed by atoms with van der Waals surface area (Å²) < 4.78 is 1.51. The number of carbonyl (C=O) groups is 2. The average molecular weight is 313 g/mol. The van der Waals surface area contributed by atoms with Crippen molar-refractivity contribution in [3.63, 3.8) is 0 Å². The van der Waals surface area contributed by atoms with Crippen molar-refractivity contribution in [1.29, 1.82) is 0 Å². The number of likely N-dealkylation sites (tertiary alicyclic amines) is 1. The molecular formula is C12H19N5O3S. The van der Waals surface area contributed by atoms with Crippen LogP contribution < -0.4 is 5.32 Å². The van der Waals surface area contributed by atoms with Crippen molar-refractivity contribution in [1.82, 2.24) is 25.2 Å². The third-order valence-corrected chi connectivity index (χ3v) is 4.00. The number of carboxylic acid groups (broad SMARTS) is 1. The number of thioether (sulfide) groups is 1. The highest BCUT2D eigenvalue weighted by molar-refractivity contribution is 7.98. The van der Waals surface area contributed by atoms with Crippen molar-refractivity contribution in [2.45, 2.75) is 18.9 Å². The molecule has 0 aromatic carbocycles. The quantitative estimate of drug-likeness (QED) is 0.718. The molecule has 1 aliphatic rings. The van der Waals surface area contributed by atoms with Crippen molar-refractivity contribution in [3.8, 4) is 0 Å². The number of aromatic nitrogens is 3. The van der Waals surface area contributed by atoms with Crippen molar-refractivity contribution in [2.24, 2.45) is 0 Å². The molecule has 116 valence electrons. The van der Waals surface area contributed by atoms with E-state index in [9.17, 15) is 9.59 Å². The first-order chi connectivity index (χ1) is 10.1. The van der Waals surface area contributed by atoms with E-state index in [-0.39, 0.29) is 17.8 Å². The highest BCUT2D eigenvalue weighted by Gasteiger charge is 2.32. The normalized spacial score (nSPS) is 14.8. The van der Waals surface area contributed by atoms with E-state index in [1.165, 1.54) is 10.9 Å². The molecule has 0 aliphatic carbocycles. The third kappa shape index (κ3) is 4.10. The maximum atomic E-state index is 11.8. The summed E-state index contributed by atoms with van der Waals surface area (Å²) in [7, 11) is 0. The molecule has 9 heteroatoms. The number of carbonyl (C=O) groups excluding carboxylic acids is 1. The molecule has 21 heavy (non-hydrogen) atoms. The summed E-state index contributed by atoms with van der Waals surface area (Å²) in [4.78, 5) is 24.2. The number of hydrogen-bond donors (Lipinski definition) is 2. The van der Waals surface area contributed by atoms with Crippen molar-refractivity contribution < 1.29 is 14.7 Å². The Hall–Kier alpha value is -1.77. The molecule has 1 saturated heterocycles. The summed E-state index contributed by atoms with van der Waals surface area (Å²) in [5, 5.41) is 19.0. The van der Waals surface area contributed by atoms with Gasteiger partial charge in [0.1, 0.15) is 0 Å². The zero-order valence-electron chi connectivity index (χ0n) is 11.9. The number of nitrogens with one attached hydrogen (secondary N) is 1. The Morgan fingerprint density at radius 1 is 1.48 bits per heavy atom. The van der Waals surface area contributed by atoms with Crippen LogP contribution in [0.25, 0.3) is 0 Å². The van der Waals surface area contributed by atoms with Crippen molar-refractivity contribution >= 4 is 23.8 Å². The largest absolute Gasteiger partial charge is 0.476 e. The summed E-state index contributed by atoms with van der Waals surface area (Å²) in [6.45, 7) is 1.74. The summed E-state index contributed by atoms with van der Waals surface area (Å²) in [6, 6.07) is -0.0678. The van der Waals surface area contributed by atoms with Gasteiger partial charge in [-0.15, -0.1) is 5.10 Å². The maximum absolute atomic E-state index is 11.8. The second kappa shape index (κ2) is 7.30. The van der Waals surface area contributed by atoms with Crippen LogP contribution in [-0.2, 0) is 0 Å². The fraction of sp³-hybridized carbons (Fsp3) is 0.667. The fourth-order valence-corrected chi connectivity index (χ4v) is 2.51. The molecule has 1 fully saturated rings. The summed E-state index contributed by atoms with van der Waals surface area (Å²) in [6.07, 6.45) is 5.54. The van der Waals surface area contributed by atoms with E-state index in [0.717, 1.165) is 18.6 Å². The van der Waals surface area contributed by atoms with Crippen LogP contribution in [-0.4, -0.2) is 68.6 Å². The van der Waals surface area contributed by atoms with Crippen LogP contribution in [0.5, 0.6) is 0 Å². The molecule has 0 saturated carbocycles. The summed E-state index contributed by atoms with van der Waals surface area (Å²) in [5.74, 6) is 0.0141. The van der Waals surface area contributed by atoms with Gasteiger partial charge in [0, 0.05) is 19.6 Å². The number of aromatic carboxylic acids is 1. The molecule has 1 aromatic rings. The predicted molar refractivity (Wildman–Crippen MR) is 78.6 cm³/mol. The lowest BCUT2D eigenvalue weighted by Crippen LogP contribution is -2.54. The highest BCUT2D eigenvalue weighted by Crippen LogP contribution is 2.20. The Bertz CT molecular complexity index is 501. The zero-order chi connectivity index (χ0) is 15.2. The van der Waals surface area contributed by atoms with Crippen LogP contribution >= 0.6 is 11.8 Å². The van der Waals surface area contributed by atoms with E-state index in [2.05, 4.69) is 21.9 Å². The molecule has 0 atom stereocenters. The van der Waals surface area contributed by atoms with Crippen LogP contribution in [0, 0.1) is 0 Å². The van der Waals surface area contributed by atoms with E-state index >= 15 is 0 Å². The average Bonchev–Trinajstić information content (AvgIpc) is 2.86. The molecular weight excluding hydrogens is 294 g/mol. The van der Waals surface area contributed by atoms with Crippen molar-refractivity contribution in [2.75, 3.05) is 31.6 Å². The van der Waals surface area contributed by atoms with E-state index in [4.69, 9.17) is 5.11 Å². The number of rotatable bonds is 7. The molecule has 1 aromatic heterocycles. The van der Waals surface area contributed by atoms with Crippen LogP contribution in [0.4, 0.5) is 4.79 Å². The van der Waals surface area contributed by atoms with Gasteiger partial charge in [-0.3, -0.25) is 0 Å². The Balaban J connectivity index is 1.68. The summed E-state index contributed by atoms with van der Waals surface area (Å²) >= 11 is 1.80. The van der Waals surface area contributed by atoms with Crippen LogP contribution in [0.15, 0.2) is 6.20 Å². The first kappa shape index (κ1) is 15.6. The van der Waals surface area contributed by atoms with Crippen molar-refractivity contribution in [3.05, 3.63) is 11.9 Å². The Morgan fingerprint density at radius 2 is 2.24 bits per heavy atom. The standard InChI is InChI=1S/C12H19N5O3S/c1-21-5-3-2-4-13-12(20)16-6-9(7-16)17-8-10(11(18)19)14-15-17/h8-9H,2-7H2,1H3,(H,13,20)(H,18,19). The Labute approximate surface area is 126 Å². The number of carboxylic acids is 1. The second-order valence-electron chi connectivity index (χ2n) is 4.88. The first-order valence-electron chi connectivity index (χ1n) is 6.78. The minimum Gasteiger partial charge on any atom is -0.476 e. The van der Waals surface area contributed by atoms with E-state index in [1.54, 1.807) is 16.7 Å². The molecule has 0 unspecified atom stereocenters. The minimum absolute atomic E-state index is 0.00726. The fourth-order valence-electron chi connectivity index (χ4n) is 2.02. The second-order valence-corrected chi connectivity index (χ2v) is 5.87. The summed E-state index contributed by atoms with van der Waals surface area (Å²) in [5.41, 5.74) is -0.0771. The molecule has 2 heterocycles. The van der Waals surface area contributed by atoms with Gasteiger partial charge < -0.3 is 15.3 Å². The van der Waals surface area contributed by atoms with E-state index in [1.807, 2.05) is 0 Å². The number of nitrogens with zero attached hydrogens (tertiary/aromatic N) is 4.